The molecule has 3 rings (SSSR count). The van der Waals surface area contributed by atoms with E-state index in [0.29, 0.717) is 5.02 Å². The first kappa shape index (κ1) is 19.4. The van der Waals surface area contributed by atoms with E-state index < -0.39 is 0 Å². The number of nitrogens with zero attached hydrogens (tertiary/aromatic N) is 4. The number of thioether (sulfide) groups is 1. The smallest absolute Gasteiger partial charge is 0.230 e. The molecular formula is C19H20ClN5OS. The number of halogens is 1. The summed E-state index contributed by atoms with van der Waals surface area (Å²) in [5.74, 6) is 0.989. The lowest BCUT2D eigenvalue weighted by Gasteiger charge is -2.14. The normalized spacial score (nSPS) is 12.0. The second-order valence-corrected chi connectivity index (χ2v) is 7.29. The molecule has 2 heterocycles. The van der Waals surface area contributed by atoms with Gasteiger partial charge in [-0.1, -0.05) is 35.5 Å². The van der Waals surface area contributed by atoms with Crippen molar-refractivity contribution in [3.05, 3.63) is 59.4 Å². The molecule has 0 aliphatic heterocycles. The number of carbonyl (C=O) groups is 1. The van der Waals surface area contributed by atoms with Gasteiger partial charge in [-0.15, -0.1) is 10.2 Å². The van der Waals surface area contributed by atoms with Crippen LogP contribution in [0, 0.1) is 0 Å². The summed E-state index contributed by atoms with van der Waals surface area (Å²) >= 11 is 7.28. The third kappa shape index (κ3) is 4.87. The Kier molecular flexibility index (Phi) is 6.47. The van der Waals surface area contributed by atoms with Crippen LogP contribution in [0.1, 0.15) is 25.5 Å². The van der Waals surface area contributed by atoms with Gasteiger partial charge in [-0.25, -0.2) is 0 Å². The van der Waals surface area contributed by atoms with E-state index in [4.69, 9.17) is 11.6 Å². The summed E-state index contributed by atoms with van der Waals surface area (Å²) in [6, 6.07) is 11.2. The first-order valence-electron chi connectivity index (χ1n) is 8.59. The zero-order chi connectivity index (χ0) is 19.2. The van der Waals surface area contributed by atoms with Crippen molar-refractivity contribution in [1.82, 2.24) is 25.1 Å². The molecule has 140 valence electrons. The van der Waals surface area contributed by atoms with Crippen molar-refractivity contribution in [2.45, 2.75) is 31.6 Å². The number of aromatic nitrogens is 4. The van der Waals surface area contributed by atoms with Crippen LogP contribution in [0.4, 0.5) is 0 Å². The molecule has 1 aromatic carbocycles. The summed E-state index contributed by atoms with van der Waals surface area (Å²) in [7, 11) is 0. The molecule has 1 amide bonds. The average Bonchev–Trinajstić information content (AvgIpc) is 3.10. The van der Waals surface area contributed by atoms with Gasteiger partial charge in [0.05, 0.1) is 11.8 Å². The second-order valence-electron chi connectivity index (χ2n) is 5.92. The van der Waals surface area contributed by atoms with Crippen LogP contribution in [-0.2, 0) is 11.3 Å². The van der Waals surface area contributed by atoms with Crippen LogP contribution in [-0.4, -0.2) is 31.4 Å². The van der Waals surface area contributed by atoms with Crippen molar-refractivity contribution in [3.8, 4) is 11.4 Å². The van der Waals surface area contributed by atoms with E-state index in [1.807, 2.05) is 54.8 Å². The fourth-order valence-electron chi connectivity index (χ4n) is 2.64. The second kappa shape index (κ2) is 9.01. The highest BCUT2D eigenvalue weighted by Crippen LogP contribution is 2.23. The molecule has 2 aromatic heterocycles. The molecule has 6 nitrogen and oxygen atoms in total. The third-order valence-electron chi connectivity index (χ3n) is 4.05. The van der Waals surface area contributed by atoms with Crippen LogP contribution in [0.15, 0.2) is 53.9 Å². The van der Waals surface area contributed by atoms with Crippen molar-refractivity contribution in [3.63, 3.8) is 0 Å². The minimum Gasteiger partial charge on any atom is -0.349 e. The van der Waals surface area contributed by atoms with Crippen LogP contribution in [0.5, 0.6) is 0 Å². The number of rotatable bonds is 7. The Morgan fingerprint density at radius 3 is 2.56 bits per heavy atom. The minimum atomic E-state index is -0.0909. The Morgan fingerprint density at radius 2 is 1.89 bits per heavy atom. The van der Waals surface area contributed by atoms with Crippen LogP contribution >= 0.6 is 23.4 Å². The Balaban J connectivity index is 1.62. The van der Waals surface area contributed by atoms with Crippen LogP contribution in [0.3, 0.4) is 0 Å². The highest BCUT2D eigenvalue weighted by atomic mass is 35.5. The first-order valence-corrected chi connectivity index (χ1v) is 9.96. The fraction of sp³-hybridized carbons (Fsp3) is 0.263. The molecule has 0 radical (unpaired) electrons. The zero-order valence-electron chi connectivity index (χ0n) is 15.1. The molecule has 1 atom stereocenters. The summed E-state index contributed by atoms with van der Waals surface area (Å²) < 4.78 is 2.00. The Hall–Kier alpha value is -2.38. The summed E-state index contributed by atoms with van der Waals surface area (Å²) in [5.41, 5.74) is 1.96. The van der Waals surface area contributed by atoms with Gasteiger partial charge in [0.2, 0.25) is 5.91 Å². The number of amides is 1. The van der Waals surface area contributed by atoms with Gasteiger partial charge in [-0.3, -0.25) is 9.78 Å². The largest absolute Gasteiger partial charge is 0.349 e. The van der Waals surface area contributed by atoms with Crippen LogP contribution in [0.2, 0.25) is 5.02 Å². The van der Waals surface area contributed by atoms with Crippen molar-refractivity contribution in [1.29, 1.82) is 0 Å². The molecule has 0 saturated heterocycles. The number of nitrogens with one attached hydrogen (secondary N) is 1. The average molecular weight is 402 g/mol. The van der Waals surface area contributed by atoms with Crippen molar-refractivity contribution < 1.29 is 4.79 Å². The molecule has 8 heteroatoms. The third-order valence-corrected chi connectivity index (χ3v) is 5.27. The molecule has 0 aliphatic carbocycles. The van der Waals surface area contributed by atoms with E-state index in [9.17, 15) is 4.79 Å². The first-order chi connectivity index (χ1) is 13.1. The monoisotopic (exact) mass is 401 g/mol. The molecular weight excluding hydrogens is 382 g/mol. The van der Waals surface area contributed by atoms with Crippen LogP contribution in [0.25, 0.3) is 11.4 Å². The Morgan fingerprint density at radius 1 is 1.19 bits per heavy atom. The summed E-state index contributed by atoms with van der Waals surface area (Å²) in [5, 5.41) is 12.9. The van der Waals surface area contributed by atoms with E-state index in [-0.39, 0.29) is 17.7 Å². The number of benzene rings is 1. The molecule has 0 saturated carbocycles. The molecule has 0 aliphatic rings. The Bertz CT molecular complexity index is 898. The number of pyridine rings is 1. The molecule has 0 unspecified atom stereocenters. The number of hydrogen-bond donors (Lipinski definition) is 1. The van der Waals surface area contributed by atoms with Crippen LogP contribution < -0.4 is 5.32 Å². The molecule has 3 aromatic rings. The van der Waals surface area contributed by atoms with Gasteiger partial charge in [0, 0.05) is 29.5 Å². The Labute approximate surface area is 167 Å². The zero-order valence-corrected chi connectivity index (χ0v) is 16.7. The van der Waals surface area contributed by atoms with Gasteiger partial charge in [0.1, 0.15) is 0 Å². The van der Waals surface area contributed by atoms with E-state index in [2.05, 4.69) is 20.5 Å². The summed E-state index contributed by atoms with van der Waals surface area (Å²) in [6.07, 6.45) is 3.45. The van der Waals surface area contributed by atoms with Gasteiger partial charge < -0.3 is 9.88 Å². The number of hydrogen-bond acceptors (Lipinski definition) is 5. The number of carbonyl (C=O) groups excluding carboxylic acids is 1. The topological polar surface area (TPSA) is 72.7 Å². The van der Waals surface area contributed by atoms with Gasteiger partial charge in [-0.05, 0) is 43.7 Å². The SMILES string of the molecule is CCn1c(SCC(=O)N[C@@H](C)c2ccc(Cl)cc2)nnc1-c1ccncc1. The molecule has 0 fully saturated rings. The van der Waals surface area contributed by atoms with E-state index in [1.54, 1.807) is 12.4 Å². The quantitative estimate of drug-likeness (QED) is 0.606. The molecule has 1 N–H and O–H groups in total. The highest BCUT2D eigenvalue weighted by Gasteiger charge is 2.15. The fourth-order valence-corrected chi connectivity index (χ4v) is 3.58. The molecule has 0 bridgehead atoms. The van der Waals surface area contributed by atoms with Gasteiger partial charge in [0.15, 0.2) is 11.0 Å². The van der Waals surface area contributed by atoms with Crippen molar-refractivity contribution in [2.75, 3.05) is 5.75 Å². The maximum absolute atomic E-state index is 12.3. The molecule has 27 heavy (non-hydrogen) atoms. The minimum absolute atomic E-state index is 0.0569. The standard InChI is InChI=1S/C19H20ClN5OS/c1-3-25-18(15-8-10-21-11-9-15)23-24-19(25)27-12-17(26)22-13(2)14-4-6-16(20)7-5-14/h4-11,13H,3,12H2,1-2H3,(H,22,26)/t13-/m0/s1. The van der Waals surface area contributed by atoms with Gasteiger partial charge in [-0.2, -0.15) is 0 Å². The predicted octanol–water partition coefficient (Wildman–Crippen LogP) is 3.98. The lowest BCUT2D eigenvalue weighted by molar-refractivity contribution is -0.119. The maximum Gasteiger partial charge on any atom is 0.230 e. The van der Waals surface area contributed by atoms with Crippen molar-refractivity contribution >= 4 is 29.3 Å². The summed E-state index contributed by atoms with van der Waals surface area (Å²) in [6.45, 7) is 4.69. The van der Waals surface area contributed by atoms with Gasteiger partial charge >= 0.3 is 0 Å². The maximum atomic E-state index is 12.3. The van der Waals surface area contributed by atoms with E-state index in [0.717, 1.165) is 28.7 Å². The van der Waals surface area contributed by atoms with E-state index in [1.165, 1.54) is 11.8 Å². The van der Waals surface area contributed by atoms with Gasteiger partial charge in [0.25, 0.3) is 0 Å². The summed E-state index contributed by atoms with van der Waals surface area (Å²) in [4.78, 5) is 16.3. The molecule has 0 spiro atoms. The van der Waals surface area contributed by atoms with Crippen molar-refractivity contribution in [2.24, 2.45) is 0 Å². The highest BCUT2D eigenvalue weighted by molar-refractivity contribution is 7.99. The van der Waals surface area contributed by atoms with E-state index >= 15 is 0 Å². The predicted molar refractivity (Wildman–Crippen MR) is 108 cm³/mol. The lowest BCUT2D eigenvalue weighted by Crippen LogP contribution is -2.28. The lowest BCUT2D eigenvalue weighted by atomic mass is 10.1.